The van der Waals surface area contributed by atoms with Crippen LogP contribution in [0.4, 0.5) is 0 Å². The minimum Gasteiger partial charge on any atom is -0.352 e. The van der Waals surface area contributed by atoms with Gasteiger partial charge in [-0.3, -0.25) is 14.3 Å². The average Bonchev–Trinajstić information content (AvgIpc) is 2.90. The van der Waals surface area contributed by atoms with E-state index in [0.29, 0.717) is 19.5 Å². The topological polar surface area (TPSA) is 67.2 Å². The summed E-state index contributed by atoms with van der Waals surface area (Å²) in [5.74, 6) is 0.231. The number of aryl methyl sites for hydroxylation is 2. The molecule has 3 rings (SSSR count). The highest BCUT2D eigenvalue weighted by atomic mass is 16.2. The van der Waals surface area contributed by atoms with Crippen LogP contribution >= 0.6 is 0 Å². The lowest BCUT2D eigenvalue weighted by Crippen LogP contribution is -2.47. The fourth-order valence-electron chi connectivity index (χ4n) is 4.14. The van der Waals surface area contributed by atoms with E-state index in [-0.39, 0.29) is 17.9 Å². The van der Waals surface area contributed by atoms with Crippen molar-refractivity contribution in [3.05, 3.63) is 29.6 Å². The molecular formula is C22H34N4O2. The van der Waals surface area contributed by atoms with Crippen molar-refractivity contribution >= 4 is 11.8 Å². The molecule has 0 bridgehead atoms. The van der Waals surface area contributed by atoms with E-state index >= 15 is 0 Å². The highest BCUT2D eigenvalue weighted by Gasteiger charge is 2.24. The van der Waals surface area contributed by atoms with Gasteiger partial charge in [0.1, 0.15) is 0 Å². The van der Waals surface area contributed by atoms with Crippen LogP contribution in [0.15, 0.2) is 24.0 Å². The molecule has 1 aromatic heterocycles. The molecule has 6 heteroatoms. The monoisotopic (exact) mass is 386 g/mol. The number of carbonyl (C=O) groups is 2. The lowest BCUT2D eigenvalue weighted by Gasteiger charge is -2.31. The first-order chi connectivity index (χ1) is 13.6. The van der Waals surface area contributed by atoms with Gasteiger partial charge in [-0.25, -0.2) is 0 Å². The lowest BCUT2D eigenvalue weighted by molar-refractivity contribution is -0.129. The fraction of sp³-hybridized carbons (Fsp3) is 0.682. The van der Waals surface area contributed by atoms with Crippen LogP contribution in [-0.2, 0) is 16.1 Å². The number of hydrogen-bond acceptors (Lipinski definition) is 3. The molecule has 28 heavy (non-hydrogen) atoms. The van der Waals surface area contributed by atoms with Gasteiger partial charge in [0.15, 0.2) is 0 Å². The summed E-state index contributed by atoms with van der Waals surface area (Å²) < 4.78 is 1.81. The summed E-state index contributed by atoms with van der Waals surface area (Å²) >= 11 is 0. The molecule has 1 saturated heterocycles. The van der Waals surface area contributed by atoms with E-state index in [0.717, 1.165) is 62.6 Å². The maximum absolute atomic E-state index is 13.0. The predicted molar refractivity (Wildman–Crippen MR) is 110 cm³/mol. The third-order valence-electron chi connectivity index (χ3n) is 5.72. The third kappa shape index (κ3) is 6.21. The largest absolute Gasteiger partial charge is 0.352 e. The van der Waals surface area contributed by atoms with Crippen molar-refractivity contribution in [1.82, 2.24) is 20.0 Å². The highest BCUT2D eigenvalue weighted by molar-refractivity contribution is 5.93. The Morgan fingerprint density at radius 2 is 2.04 bits per heavy atom. The standard InChI is InChI=1S/C22H34N4O2/c1-18-15-23-26(16-18)14-12-21(27)24-20-11-7-4-8-13-25(17-20)22(28)19-9-5-2-3-6-10-19/h9,15-16,20H,2-8,10-14,17H2,1H3,(H,24,27). The molecular weight excluding hydrogens is 352 g/mol. The second-order valence-electron chi connectivity index (χ2n) is 8.22. The molecule has 2 amide bonds. The average molecular weight is 387 g/mol. The number of carbonyl (C=O) groups excluding carboxylic acids is 2. The van der Waals surface area contributed by atoms with E-state index < -0.39 is 0 Å². The minimum absolute atomic E-state index is 0.0415. The van der Waals surface area contributed by atoms with Crippen LogP contribution in [0, 0.1) is 6.92 Å². The molecule has 1 fully saturated rings. The van der Waals surface area contributed by atoms with E-state index in [2.05, 4.69) is 16.5 Å². The lowest BCUT2D eigenvalue weighted by atomic mass is 10.0. The van der Waals surface area contributed by atoms with Crippen LogP contribution in [0.3, 0.4) is 0 Å². The molecule has 0 aromatic carbocycles. The van der Waals surface area contributed by atoms with Crippen molar-refractivity contribution in [2.45, 2.75) is 83.7 Å². The van der Waals surface area contributed by atoms with E-state index in [1.165, 1.54) is 12.8 Å². The second kappa shape index (κ2) is 10.4. The molecule has 1 atom stereocenters. The molecule has 154 valence electrons. The van der Waals surface area contributed by atoms with Crippen molar-refractivity contribution in [2.24, 2.45) is 0 Å². The maximum Gasteiger partial charge on any atom is 0.249 e. The smallest absolute Gasteiger partial charge is 0.249 e. The Hall–Kier alpha value is -2.11. The molecule has 1 aliphatic heterocycles. The van der Waals surface area contributed by atoms with Crippen LogP contribution in [0.2, 0.25) is 0 Å². The van der Waals surface area contributed by atoms with Crippen LogP contribution in [0.1, 0.15) is 69.8 Å². The molecule has 0 radical (unpaired) electrons. The molecule has 0 saturated carbocycles. The van der Waals surface area contributed by atoms with Crippen molar-refractivity contribution in [1.29, 1.82) is 0 Å². The van der Waals surface area contributed by atoms with Crippen molar-refractivity contribution in [2.75, 3.05) is 13.1 Å². The van der Waals surface area contributed by atoms with Gasteiger partial charge in [0.2, 0.25) is 11.8 Å². The van der Waals surface area contributed by atoms with Gasteiger partial charge in [0.05, 0.1) is 6.20 Å². The maximum atomic E-state index is 13.0. The molecule has 1 aromatic rings. The number of nitrogens with zero attached hydrogens (tertiary/aromatic N) is 3. The summed E-state index contributed by atoms with van der Waals surface area (Å²) in [5, 5.41) is 7.40. The Labute approximate surface area is 168 Å². The van der Waals surface area contributed by atoms with Crippen LogP contribution < -0.4 is 5.32 Å². The van der Waals surface area contributed by atoms with Crippen LogP contribution in [0.5, 0.6) is 0 Å². The zero-order valence-corrected chi connectivity index (χ0v) is 17.2. The fourth-order valence-corrected chi connectivity index (χ4v) is 4.14. The summed E-state index contributed by atoms with van der Waals surface area (Å²) in [6, 6.07) is 0.0440. The Morgan fingerprint density at radius 3 is 2.86 bits per heavy atom. The normalized spacial score (nSPS) is 21.2. The Morgan fingerprint density at radius 1 is 1.18 bits per heavy atom. The van der Waals surface area contributed by atoms with Crippen molar-refractivity contribution in [3.8, 4) is 0 Å². The molecule has 2 aliphatic rings. The Bertz CT molecular complexity index is 694. The summed E-state index contributed by atoms with van der Waals surface area (Å²) in [6.07, 6.45) is 15.9. The number of likely N-dealkylation sites (tertiary alicyclic amines) is 1. The number of allylic oxidation sites excluding steroid dienone is 1. The highest BCUT2D eigenvalue weighted by Crippen LogP contribution is 2.21. The van der Waals surface area contributed by atoms with Crippen LogP contribution in [0.25, 0.3) is 0 Å². The molecule has 2 heterocycles. The summed E-state index contributed by atoms with van der Waals surface area (Å²) in [6.45, 7) is 4.01. The molecule has 1 N–H and O–H groups in total. The summed E-state index contributed by atoms with van der Waals surface area (Å²) in [4.78, 5) is 27.5. The summed E-state index contributed by atoms with van der Waals surface area (Å²) in [7, 11) is 0. The van der Waals surface area contributed by atoms with Gasteiger partial charge in [0, 0.05) is 43.9 Å². The Kier molecular flexibility index (Phi) is 7.69. The quantitative estimate of drug-likeness (QED) is 0.844. The predicted octanol–water partition coefficient (Wildman–Crippen LogP) is 3.36. The molecule has 1 aliphatic carbocycles. The third-order valence-corrected chi connectivity index (χ3v) is 5.72. The minimum atomic E-state index is 0.0415. The van der Waals surface area contributed by atoms with Gasteiger partial charge in [-0.15, -0.1) is 0 Å². The van der Waals surface area contributed by atoms with Gasteiger partial charge in [-0.1, -0.05) is 25.3 Å². The zero-order chi connectivity index (χ0) is 19.8. The first-order valence-corrected chi connectivity index (χ1v) is 10.9. The Balaban J connectivity index is 1.54. The van der Waals surface area contributed by atoms with E-state index in [9.17, 15) is 9.59 Å². The zero-order valence-electron chi connectivity index (χ0n) is 17.2. The van der Waals surface area contributed by atoms with E-state index in [4.69, 9.17) is 0 Å². The summed E-state index contributed by atoms with van der Waals surface area (Å²) in [5.41, 5.74) is 2.08. The number of rotatable bonds is 5. The molecule has 0 spiro atoms. The number of amides is 2. The van der Waals surface area contributed by atoms with Gasteiger partial charge in [-0.05, 0) is 51.0 Å². The number of aromatic nitrogens is 2. The first-order valence-electron chi connectivity index (χ1n) is 10.9. The number of nitrogens with one attached hydrogen (secondary N) is 1. The van der Waals surface area contributed by atoms with Gasteiger partial charge >= 0.3 is 0 Å². The van der Waals surface area contributed by atoms with Gasteiger partial charge < -0.3 is 10.2 Å². The number of hydrogen-bond donors (Lipinski definition) is 1. The van der Waals surface area contributed by atoms with Crippen LogP contribution in [-0.4, -0.2) is 45.6 Å². The van der Waals surface area contributed by atoms with Crippen molar-refractivity contribution < 1.29 is 9.59 Å². The first kappa shape index (κ1) is 20.6. The van der Waals surface area contributed by atoms with E-state index in [1.807, 2.05) is 18.0 Å². The second-order valence-corrected chi connectivity index (χ2v) is 8.22. The van der Waals surface area contributed by atoms with Gasteiger partial charge in [0.25, 0.3) is 0 Å². The van der Waals surface area contributed by atoms with Crippen molar-refractivity contribution in [3.63, 3.8) is 0 Å². The van der Waals surface area contributed by atoms with Gasteiger partial charge in [-0.2, -0.15) is 5.10 Å². The molecule has 6 nitrogen and oxygen atoms in total. The molecule has 1 unspecified atom stereocenters. The SMILES string of the molecule is Cc1cnn(CCC(=O)NC2CCCCCN(C(=O)C3=CCCCCC3)C2)c1. The van der Waals surface area contributed by atoms with E-state index in [1.54, 1.807) is 10.9 Å².